The summed E-state index contributed by atoms with van der Waals surface area (Å²) in [4.78, 5) is 0. The molecule has 0 unspecified atom stereocenters. The normalized spacial score (nSPS) is 10.8. The molecule has 0 aliphatic carbocycles. The number of rotatable bonds is 7. The standard InChI is InChI=1S/C17H19N3O5S/c1-9-12(10(2)25-20-9)8-26-17-19-18-16(24-17)11-6-13(21-3)15(23-5)14(7-11)22-4/h6-7H,8H2,1-5H3. The average Bonchev–Trinajstić information content (AvgIpc) is 3.25. The van der Waals surface area contributed by atoms with Crippen molar-refractivity contribution >= 4 is 11.8 Å². The van der Waals surface area contributed by atoms with Crippen LogP contribution in [0.5, 0.6) is 17.2 Å². The van der Waals surface area contributed by atoms with Gasteiger partial charge in [0.2, 0.25) is 11.6 Å². The number of aryl methyl sites for hydroxylation is 2. The fourth-order valence-electron chi connectivity index (χ4n) is 2.43. The summed E-state index contributed by atoms with van der Waals surface area (Å²) in [5.41, 5.74) is 2.57. The first-order valence-electron chi connectivity index (χ1n) is 7.75. The minimum atomic E-state index is 0.366. The van der Waals surface area contributed by atoms with Crippen LogP contribution in [0.25, 0.3) is 11.5 Å². The van der Waals surface area contributed by atoms with Gasteiger partial charge in [0.1, 0.15) is 5.76 Å². The maximum absolute atomic E-state index is 5.76. The van der Waals surface area contributed by atoms with Crippen LogP contribution in [0.2, 0.25) is 0 Å². The Kier molecular flexibility index (Phi) is 5.36. The monoisotopic (exact) mass is 377 g/mol. The van der Waals surface area contributed by atoms with Crippen molar-refractivity contribution in [2.45, 2.75) is 24.8 Å². The average molecular weight is 377 g/mol. The predicted octanol–water partition coefficient (Wildman–Crippen LogP) is 3.66. The zero-order valence-electron chi connectivity index (χ0n) is 15.2. The lowest BCUT2D eigenvalue weighted by molar-refractivity contribution is 0.324. The van der Waals surface area contributed by atoms with Crippen molar-refractivity contribution < 1.29 is 23.2 Å². The Bertz CT molecular complexity index is 861. The highest BCUT2D eigenvalue weighted by atomic mass is 32.2. The summed E-state index contributed by atoms with van der Waals surface area (Å²) < 4.78 is 26.9. The molecule has 3 aromatic rings. The molecule has 0 amide bonds. The van der Waals surface area contributed by atoms with E-state index in [1.54, 1.807) is 33.5 Å². The molecule has 0 aliphatic heterocycles. The van der Waals surface area contributed by atoms with Crippen molar-refractivity contribution in [1.82, 2.24) is 15.4 Å². The highest BCUT2D eigenvalue weighted by molar-refractivity contribution is 7.98. The number of aromatic nitrogens is 3. The molecule has 3 rings (SSSR count). The molecule has 9 heteroatoms. The van der Waals surface area contributed by atoms with Crippen LogP contribution in [0.3, 0.4) is 0 Å². The maximum atomic E-state index is 5.76. The molecule has 138 valence electrons. The largest absolute Gasteiger partial charge is 0.493 e. The molecule has 2 heterocycles. The van der Waals surface area contributed by atoms with Gasteiger partial charge in [-0.2, -0.15) is 0 Å². The van der Waals surface area contributed by atoms with Crippen molar-refractivity contribution in [2.75, 3.05) is 21.3 Å². The van der Waals surface area contributed by atoms with Crippen molar-refractivity contribution in [3.8, 4) is 28.7 Å². The Morgan fingerprint density at radius 1 is 1.00 bits per heavy atom. The van der Waals surface area contributed by atoms with Crippen molar-refractivity contribution in [2.24, 2.45) is 0 Å². The van der Waals surface area contributed by atoms with Gasteiger partial charge in [-0.1, -0.05) is 16.9 Å². The van der Waals surface area contributed by atoms with Gasteiger partial charge in [-0.05, 0) is 26.0 Å². The summed E-state index contributed by atoms with van der Waals surface area (Å²) in [7, 11) is 4.66. The van der Waals surface area contributed by atoms with Gasteiger partial charge in [-0.3, -0.25) is 0 Å². The summed E-state index contributed by atoms with van der Waals surface area (Å²) in [5, 5.41) is 12.6. The van der Waals surface area contributed by atoms with Crippen LogP contribution in [0, 0.1) is 13.8 Å². The van der Waals surface area contributed by atoms with E-state index in [0.717, 1.165) is 17.0 Å². The molecule has 0 radical (unpaired) electrons. The fourth-order valence-corrected chi connectivity index (χ4v) is 3.35. The molecule has 0 saturated carbocycles. The van der Waals surface area contributed by atoms with Gasteiger partial charge in [-0.15, -0.1) is 10.2 Å². The number of hydrogen-bond donors (Lipinski definition) is 0. The van der Waals surface area contributed by atoms with Crippen LogP contribution < -0.4 is 14.2 Å². The third-order valence-corrected chi connectivity index (χ3v) is 4.68. The van der Waals surface area contributed by atoms with Gasteiger partial charge in [0.15, 0.2) is 11.5 Å². The number of thioether (sulfide) groups is 1. The molecule has 0 saturated heterocycles. The molecule has 26 heavy (non-hydrogen) atoms. The van der Waals surface area contributed by atoms with Gasteiger partial charge < -0.3 is 23.2 Å². The van der Waals surface area contributed by atoms with E-state index < -0.39 is 0 Å². The Labute approximate surface area is 154 Å². The Hall–Kier alpha value is -2.68. The number of benzene rings is 1. The molecule has 0 aliphatic rings. The summed E-state index contributed by atoms with van der Waals surface area (Å²) in [6, 6.07) is 3.52. The highest BCUT2D eigenvalue weighted by Crippen LogP contribution is 2.41. The van der Waals surface area contributed by atoms with E-state index in [0.29, 0.717) is 39.7 Å². The van der Waals surface area contributed by atoms with Crippen LogP contribution in [0.4, 0.5) is 0 Å². The van der Waals surface area contributed by atoms with Crippen LogP contribution in [0.15, 0.2) is 26.3 Å². The lowest BCUT2D eigenvalue weighted by atomic mass is 10.2. The number of nitrogens with zero attached hydrogens (tertiary/aromatic N) is 3. The van der Waals surface area contributed by atoms with Gasteiger partial charge >= 0.3 is 0 Å². The fraction of sp³-hybridized carbons (Fsp3) is 0.353. The van der Waals surface area contributed by atoms with Crippen LogP contribution in [0.1, 0.15) is 17.0 Å². The molecule has 0 atom stereocenters. The second kappa shape index (κ2) is 7.69. The van der Waals surface area contributed by atoms with Crippen LogP contribution >= 0.6 is 11.8 Å². The van der Waals surface area contributed by atoms with E-state index >= 15 is 0 Å². The molecule has 1 aromatic carbocycles. The number of ether oxygens (including phenoxy) is 3. The molecule has 0 fully saturated rings. The molecule has 2 aromatic heterocycles. The summed E-state index contributed by atoms with van der Waals surface area (Å²) in [5.74, 6) is 3.34. The molecular formula is C17H19N3O5S. The minimum Gasteiger partial charge on any atom is -0.493 e. The molecular weight excluding hydrogens is 358 g/mol. The van der Waals surface area contributed by atoms with Gasteiger partial charge in [-0.25, -0.2) is 0 Å². The van der Waals surface area contributed by atoms with E-state index in [1.807, 2.05) is 13.8 Å². The van der Waals surface area contributed by atoms with Crippen molar-refractivity contribution in [3.05, 3.63) is 29.2 Å². The Balaban J connectivity index is 1.83. The van der Waals surface area contributed by atoms with Gasteiger partial charge in [0, 0.05) is 16.9 Å². The SMILES string of the molecule is COc1cc(-c2nnc(SCc3c(C)noc3C)o2)cc(OC)c1OC. The van der Waals surface area contributed by atoms with Gasteiger partial charge in [0.05, 0.1) is 27.0 Å². The summed E-state index contributed by atoms with van der Waals surface area (Å²) >= 11 is 1.42. The third kappa shape index (κ3) is 3.48. The third-order valence-electron chi connectivity index (χ3n) is 3.84. The number of methoxy groups -OCH3 is 3. The lowest BCUT2D eigenvalue weighted by Crippen LogP contribution is -1.95. The molecule has 0 spiro atoms. The first kappa shape index (κ1) is 18.1. The lowest BCUT2D eigenvalue weighted by Gasteiger charge is -2.12. The second-order valence-corrected chi connectivity index (χ2v) is 6.31. The zero-order chi connectivity index (χ0) is 18.7. The van der Waals surface area contributed by atoms with Crippen LogP contribution in [-0.4, -0.2) is 36.7 Å². The van der Waals surface area contributed by atoms with E-state index in [9.17, 15) is 0 Å². The van der Waals surface area contributed by atoms with E-state index in [-0.39, 0.29) is 0 Å². The van der Waals surface area contributed by atoms with Crippen LogP contribution in [-0.2, 0) is 5.75 Å². The second-order valence-electron chi connectivity index (χ2n) is 5.38. The topological polar surface area (TPSA) is 92.6 Å². The summed E-state index contributed by atoms with van der Waals surface area (Å²) in [6.07, 6.45) is 0. The molecule has 8 nitrogen and oxygen atoms in total. The minimum absolute atomic E-state index is 0.366. The number of hydrogen-bond acceptors (Lipinski definition) is 9. The Morgan fingerprint density at radius 3 is 2.23 bits per heavy atom. The van der Waals surface area contributed by atoms with E-state index in [4.69, 9.17) is 23.2 Å². The summed E-state index contributed by atoms with van der Waals surface area (Å²) in [6.45, 7) is 3.78. The maximum Gasteiger partial charge on any atom is 0.277 e. The van der Waals surface area contributed by atoms with Crippen molar-refractivity contribution in [3.63, 3.8) is 0 Å². The molecule has 0 bridgehead atoms. The van der Waals surface area contributed by atoms with E-state index in [1.165, 1.54) is 11.8 Å². The smallest absolute Gasteiger partial charge is 0.277 e. The zero-order valence-corrected chi connectivity index (χ0v) is 16.0. The Morgan fingerprint density at radius 2 is 1.69 bits per heavy atom. The molecule has 0 N–H and O–H groups in total. The first-order valence-corrected chi connectivity index (χ1v) is 8.74. The quantitative estimate of drug-likeness (QED) is 0.572. The first-order chi connectivity index (χ1) is 12.6. The predicted molar refractivity (Wildman–Crippen MR) is 94.9 cm³/mol. The van der Waals surface area contributed by atoms with Gasteiger partial charge in [0.25, 0.3) is 5.22 Å². The van der Waals surface area contributed by atoms with E-state index in [2.05, 4.69) is 15.4 Å². The highest BCUT2D eigenvalue weighted by Gasteiger charge is 2.18. The van der Waals surface area contributed by atoms with Crippen molar-refractivity contribution in [1.29, 1.82) is 0 Å².